The number of amides is 1. The average Bonchev–Trinajstić information content (AvgIpc) is 2.53. The highest BCUT2D eigenvalue weighted by molar-refractivity contribution is 9.09. The first-order valence-electron chi connectivity index (χ1n) is 6.31. The van der Waals surface area contributed by atoms with E-state index in [1.54, 1.807) is 0 Å². The van der Waals surface area contributed by atoms with Crippen molar-refractivity contribution in [3.05, 3.63) is 69.8 Å². The summed E-state index contributed by atoms with van der Waals surface area (Å²) in [5, 5.41) is 13.8. The molecule has 0 atom stereocenters. The summed E-state index contributed by atoms with van der Waals surface area (Å²) in [6, 6.07) is 13.5. The molecule has 1 amide bonds. The number of anilines is 1. The van der Waals surface area contributed by atoms with Crippen LogP contribution in [0.15, 0.2) is 48.5 Å². The number of nitrogens with one attached hydrogen (secondary N) is 1. The van der Waals surface area contributed by atoms with Crippen LogP contribution in [0.1, 0.15) is 11.1 Å². The molecule has 22 heavy (non-hydrogen) atoms. The Labute approximate surface area is 135 Å². The Hall–Kier alpha value is -2.65. The highest BCUT2D eigenvalue weighted by Gasteiger charge is 2.13. The predicted molar refractivity (Wildman–Crippen MR) is 87.9 cm³/mol. The minimum Gasteiger partial charge on any atom is -0.325 e. The average molecular weight is 359 g/mol. The zero-order valence-corrected chi connectivity index (χ0v) is 13.0. The molecule has 0 bridgehead atoms. The first-order valence-corrected chi connectivity index (χ1v) is 7.43. The summed E-state index contributed by atoms with van der Waals surface area (Å²) in [5.74, 6) is 5.42. The van der Waals surface area contributed by atoms with Gasteiger partial charge in [-0.2, -0.15) is 0 Å². The predicted octanol–water partition coefficient (Wildman–Crippen LogP) is 3.33. The van der Waals surface area contributed by atoms with Gasteiger partial charge in [-0.3, -0.25) is 14.9 Å². The van der Waals surface area contributed by atoms with Crippen molar-refractivity contribution < 1.29 is 9.72 Å². The summed E-state index contributed by atoms with van der Waals surface area (Å²) in [6.45, 7) is 0. The van der Waals surface area contributed by atoms with E-state index in [1.807, 2.05) is 30.3 Å². The molecule has 1 N–H and O–H groups in total. The minimum absolute atomic E-state index is 0.0970. The maximum atomic E-state index is 11.4. The van der Waals surface area contributed by atoms with Crippen molar-refractivity contribution in [2.75, 3.05) is 10.6 Å². The third kappa shape index (κ3) is 4.17. The summed E-state index contributed by atoms with van der Waals surface area (Å²) in [7, 11) is 0. The molecular formula is C16H11BrN2O3. The van der Waals surface area contributed by atoms with E-state index >= 15 is 0 Å². The number of carbonyl (C=O) groups excluding carboxylic acids is 1. The first-order chi connectivity index (χ1) is 10.6. The lowest BCUT2D eigenvalue weighted by molar-refractivity contribution is -0.385. The van der Waals surface area contributed by atoms with Crippen LogP contribution in [0.2, 0.25) is 0 Å². The van der Waals surface area contributed by atoms with Crippen LogP contribution in [-0.2, 0) is 4.79 Å². The summed E-state index contributed by atoms with van der Waals surface area (Å²) >= 11 is 3.04. The third-order valence-corrected chi connectivity index (χ3v) is 3.22. The molecule has 0 saturated carbocycles. The maximum absolute atomic E-state index is 11.4. The fourth-order valence-electron chi connectivity index (χ4n) is 1.73. The fourth-order valence-corrected chi connectivity index (χ4v) is 1.87. The lowest BCUT2D eigenvalue weighted by atomic mass is 10.1. The van der Waals surface area contributed by atoms with Crippen molar-refractivity contribution in [2.45, 2.75) is 0 Å². The molecule has 2 rings (SSSR count). The van der Waals surface area contributed by atoms with Crippen molar-refractivity contribution in [2.24, 2.45) is 0 Å². The molecule has 0 unspecified atom stereocenters. The fraction of sp³-hybridized carbons (Fsp3) is 0.0625. The number of hydrogen-bond donors (Lipinski definition) is 1. The van der Waals surface area contributed by atoms with Gasteiger partial charge in [0.05, 0.1) is 10.3 Å². The van der Waals surface area contributed by atoms with Crippen LogP contribution < -0.4 is 5.32 Å². The zero-order valence-electron chi connectivity index (χ0n) is 11.4. The second-order valence-corrected chi connectivity index (χ2v) is 4.85. The molecule has 110 valence electrons. The van der Waals surface area contributed by atoms with E-state index in [2.05, 4.69) is 33.1 Å². The Bertz CT molecular complexity index is 764. The van der Waals surface area contributed by atoms with Gasteiger partial charge in [-0.25, -0.2) is 0 Å². The smallest absolute Gasteiger partial charge is 0.285 e. The molecule has 2 aromatic rings. The summed E-state index contributed by atoms with van der Waals surface area (Å²) < 4.78 is 0. The van der Waals surface area contributed by atoms with Gasteiger partial charge in [0.25, 0.3) is 5.69 Å². The van der Waals surface area contributed by atoms with Gasteiger partial charge < -0.3 is 5.32 Å². The van der Waals surface area contributed by atoms with Gasteiger partial charge in [-0.05, 0) is 24.3 Å². The number of nitrogens with zero attached hydrogens (tertiary/aromatic N) is 1. The zero-order chi connectivity index (χ0) is 15.9. The standard InChI is InChI=1S/C16H11BrN2O3/c17-11-16(20)18-14-8-9-15(19(21)22)13(10-14)7-6-12-4-2-1-3-5-12/h1-5,8-10H,11H2,(H,18,20). The molecule has 0 aliphatic rings. The molecule has 0 fully saturated rings. The van der Waals surface area contributed by atoms with Gasteiger partial charge in [-0.15, -0.1) is 0 Å². The number of halogens is 1. The number of nitro groups is 1. The highest BCUT2D eigenvalue weighted by atomic mass is 79.9. The molecule has 2 aromatic carbocycles. The second kappa shape index (κ2) is 7.38. The highest BCUT2D eigenvalue weighted by Crippen LogP contribution is 2.22. The Balaban J connectivity index is 2.38. The van der Waals surface area contributed by atoms with Gasteiger partial charge >= 0.3 is 0 Å². The van der Waals surface area contributed by atoms with Crippen molar-refractivity contribution in [3.63, 3.8) is 0 Å². The number of carbonyl (C=O) groups is 1. The van der Waals surface area contributed by atoms with E-state index in [4.69, 9.17) is 0 Å². The molecule has 0 aliphatic carbocycles. The third-order valence-electron chi connectivity index (χ3n) is 2.71. The van der Waals surface area contributed by atoms with E-state index in [0.717, 1.165) is 5.56 Å². The second-order valence-electron chi connectivity index (χ2n) is 4.29. The number of hydrogen-bond acceptors (Lipinski definition) is 3. The quantitative estimate of drug-likeness (QED) is 0.396. The van der Waals surface area contributed by atoms with Crippen LogP contribution in [0.3, 0.4) is 0 Å². The Kier molecular flexibility index (Phi) is 5.28. The molecule has 0 radical (unpaired) electrons. The van der Waals surface area contributed by atoms with Gasteiger partial charge in [0.15, 0.2) is 0 Å². The number of alkyl halides is 1. The van der Waals surface area contributed by atoms with Gasteiger partial charge in [-0.1, -0.05) is 46.0 Å². The van der Waals surface area contributed by atoms with Crippen molar-refractivity contribution >= 4 is 33.2 Å². The molecule has 6 heteroatoms. The molecule has 5 nitrogen and oxygen atoms in total. The monoisotopic (exact) mass is 358 g/mol. The summed E-state index contributed by atoms with van der Waals surface area (Å²) in [6.07, 6.45) is 0. The molecule has 0 heterocycles. The largest absolute Gasteiger partial charge is 0.325 e. The molecule has 0 spiro atoms. The molecule has 0 aliphatic heterocycles. The van der Waals surface area contributed by atoms with Gasteiger partial charge in [0.1, 0.15) is 5.56 Å². The van der Waals surface area contributed by atoms with Crippen LogP contribution >= 0.6 is 15.9 Å². The van der Waals surface area contributed by atoms with E-state index in [9.17, 15) is 14.9 Å². The Morgan fingerprint density at radius 2 is 1.91 bits per heavy atom. The number of nitro benzene ring substituents is 1. The molecule has 0 aromatic heterocycles. The van der Waals surface area contributed by atoms with E-state index < -0.39 is 4.92 Å². The van der Waals surface area contributed by atoms with Gasteiger partial charge in [0, 0.05) is 17.3 Å². The molecular weight excluding hydrogens is 348 g/mol. The van der Waals surface area contributed by atoms with Crippen LogP contribution in [0, 0.1) is 22.0 Å². The summed E-state index contributed by atoms with van der Waals surface area (Å²) in [5.41, 5.74) is 1.38. The number of benzene rings is 2. The minimum atomic E-state index is -0.495. The lowest BCUT2D eigenvalue weighted by Crippen LogP contribution is -2.12. The maximum Gasteiger partial charge on any atom is 0.285 e. The Morgan fingerprint density at radius 3 is 2.55 bits per heavy atom. The van der Waals surface area contributed by atoms with Crippen LogP contribution in [0.4, 0.5) is 11.4 Å². The summed E-state index contributed by atoms with van der Waals surface area (Å²) in [4.78, 5) is 21.9. The van der Waals surface area contributed by atoms with Crippen LogP contribution in [-0.4, -0.2) is 16.2 Å². The SMILES string of the molecule is O=C(CBr)Nc1ccc([N+](=O)[O-])c(C#Cc2ccccc2)c1. The van der Waals surface area contributed by atoms with Crippen LogP contribution in [0.5, 0.6) is 0 Å². The lowest BCUT2D eigenvalue weighted by Gasteiger charge is -2.04. The topological polar surface area (TPSA) is 72.2 Å². The van der Waals surface area contributed by atoms with Gasteiger partial charge in [0.2, 0.25) is 5.91 Å². The Morgan fingerprint density at radius 1 is 1.18 bits per heavy atom. The van der Waals surface area contributed by atoms with Crippen molar-refractivity contribution in [1.29, 1.82) is 0 Å². The van der Waals surface area contributed by atoms with E-state index in [-0.39, 0.29) is 22.5 Å². The number of rotatable bonds is 3. The van der Waals surface area contributed by atoms with E-state index in [0.29, 0.717) is 5.69 Å². The van der Waals surface area contributed by atoms with Crippen molar-refractivity contribution in [3.8, 4) is 11.8 Å². The molecule has 0 saturated heterocycles. The normalized spacial score (nSPS) is 9.50. The van der Waals surface area contributed by atoms with Crippen LogP contribution in [0.25, 0.3) is 0 Å². The first kappa shape index (κ1) is 15.7. The van der Waals surface area contributed by atoms with E-state index in [1.165, 1.54) is 18.2 Å². The van der Waals surface area contributed by atoms with Crippen molar-refractivity contribution in [1.82, 2.24) is 0 Å².